The number of alkyl halides is 2. The number of ether oxygens (including phenoxy) is 3. The summed E-state index contributed by atoms with van der Waals surface area (Å²) in [4.78, 5) is 36.2. The summed E-state index contributed by atoms with van der Waals surface area (Å²) in [5.74, 6) is -7.74. The molecule has 0 bridgehead atoms. The predicted molar refractivity (Wildman–Crippen MR) is 105 cm³/mol. The first-order chi connectivity index (χ1) is 14.9. The van der Waals surface area contributed by atoms with E-state index in [9.17, 15) is 23.2 Å². The van der Waals surface area contributed by atoms with E-state index in [1.54, 1.807) is 18.2 Å². The van der Waals surface area contributed by atoms with Crippen molar-refractivity contribution in [1.29, 1.82) is 0 Å². The largest absolute Gasteiger partial charge is 0.458 e. The summed E-state index contributed by atoms with van der Waals surface area (Å²) >= 11 is 0. The fourth-order valence-electron chi connectivity index (χ4n) is 3.21. The fourth-order valence-corrected chi connectivity index (χ4v) is 3.21. The van der Waals surface area contributed by atoms with Gasteiger partial charge in [-0.15, -0.1) is 0 Å². The second kappa shape index (κ2) is 8.14. The molecule has 1 saturated heterocycles. The van der Waals surface area contributed by atoms with Crippen LogP contribution in [0.25, 0.3) is 10.8 Å². The van der Waals surface area contributed by atoms with E-state index >= 15 is 0 Å². The van der Waals surface area contributed by atoms with Crippen LogP contribution in [-0.2, 0) is 19.0 Å². The number of rotatable bonds is 5. The van der Waals surface area contributed by atoms with Crippen LogP contribution in [0.2, 0.25) is 0 Å². The standard InChI is InChI=1S/C23H16F2O6/c24-23(25)19(31-21(27)15-7-2-1-3-8-15)18(30-22(23)28)13-29-20(26)17-11-10-14-6-4-5-9-16(14)12-17/h1-12,18-19H,13H2/t18-,19-/m1/s1. The number of esters is 3. The molecule has 158 valence electrons. The summed E-state index contributed by atoms with van der Waals surface area (Å²) in [6.07, 6.45) is -3.86. The molecule has 3 aromatic carbocycles. The normalized spacial score (nSPS) is 19.6. The Labute approximate surface area is 175 Å². The third-order valence-corrected chi connectivity index (χ3v) is 4.83. The number of fused-ring (bicyclic) bond motifs is 1. The Morgan fingerprint density at radius 2 is 1.55 bits per heavy atom. The Bertz CT molecular complexity index is 1150. The molecule has 8 heteroatoms. The van der Waals surface area contributed by atoms with Crippen LogP contribution in [0.3, 0.4) is 0 Å². The van der Waals surface area contributed by atoms with Crippen molar-refractivity contribution in [2.75, 3.05) is 6.61 Å². The van der Waals surface area contributed by atoms with Crippen LogP contribution in [0, 0.1) is 0 Å². The number of halogens is 2. The molecule has 3 aromatic rings. The highest BCUT2D eigenvalue weighted by atomic mass is 19.3. The number of hydrogen-bond acceptors (Lipinski definition) is 6. The Morgan fingerprint density at radius 1 is 0.871 bits per heavy atom. The molecule has 6 nitrogen and oxygen atoms in total. The first kappa shape index (κ1) is 20.5. The lowest BCUT2D eigenvalue weighted by Gasteiger charge is -2.20. The minimum atomic E-state index is -4.07. The Hall–Kier alpha value is -3.81. The van der Waals surface area contributed by atoms with E-state index in [1.807, 2.05) is 24.3 Å². The van der Waals surface area contributed by atoms with Crippen LogP contribution in [0.1, 0.15) is 20.7 Å². The van der Waals surface area contributed by atoms with Crippen molar-refractivity contribution < 1.29 is 37.4 Å². The summed E-state index contributed by atoms with van der Waals surface area (Å²) < 4.78 is 43.1. The maximum atomic E-state index is 14.3. The van der Waals surface area contributed by atoms with Crippen LogP contribution in [-0.4, -0.2) is 42.6 Å². The van der Waals surface area contributed by atoms with Gasteiger partial charge >= 0.3 is 23.8 Å². The predicted octanol–water partition coefficient (Wildman–Crippen LogP) is 3.78. The van der Waals surface area contributed by atoms with Gasteiger partial charge in [0.2, 0.25) is 6.10 Å². The Morgan fingerprint density at radius 3 is 2.29 bits per heavy atom. The van der Waals surface area contributed by atoms with E-state index in [1.165, 1.54) is 30.3 Å². The maximum Gasteiger partial charge on any atom is 0.382 e. The lowest BCUT2D eigenvalue weighted by molar-refractivity contribution is -0.163. The summed E-state index contributed by atoms with van der Waals surface area (Å²) in [5, 5.41) is 1.71. The number of carbonyl (C=O) groups excluding carboxylic acids is 3. The van der Waals surface area contributed by atoms with Crippen LogP contribution >= 0.6 is 0 Å². The molecule has 0 unspecified atom stereocenters. The van der Waals surface area contributed by atoms with Gasteiger partial charge < -0.3 is 14.2 Å². The second-order valence-corrected chi connectivity index (χ2v) is 6.92. The highest BCUT2D eigenvalue weighted by Crippen LogP contribution is 2.35. The quantitative estimate of drug-likeness (QED) is 0.456. The van der Waals surface area contributed by atoms with Gasteiger partial charge in [-0.2, -0.15) is 8.78 Å². The average Bonchev–Trinajstić information content (AvgIpc) is 3.00. The van der Waals surface area contributed by atoms with Crippen molar-refractivity contribution in [1.82, 2.24) is 0 Å². The minimum Gasteiger partial charge on any atom is -0.458 e. The monoisotopic (exact) mass is 426 g/mol. The minimum absolute atomic E-state index is 0.0320. The smallest absolute Gasteiger partial charge is 0.382 e. The molecule has 0 aliphatic carbocycles. The van der Waals surface area contributed by atoms with Crippen molar-refractivity contribution in [3.8, 4) is 0 Å². The van der Waals surface area contributed by atoms with Crippen LogP contribution in [0.15, 0.2) is 72.8 Å². The molecule has 0 saturated carbocycles. The van der Waals surface area contributed by atoms with Crippen LogP contribution in [0.4, 0.5) is 8.78 Å². The Kier molecular flexibility index (Phi) is 5.37. The van der Waals surface area contributed by atoms with Gasteiger partial charge in [0, 0.05) is 0 Å². The second-order valence-electron chi connectivity index (χ2n) is 6.92. The summed E-state index contributed by atoms with van der Waals surface area (Å²) in [7, 11) is 0. The molecule has 0 amide bonds. The average molecular weight is 426 g/mol. The number of carbonyl (C=O) groups is 3. The first-order valence-electron chi connectivity index (χ1n) is 9.37. The van der Waals surface area contributed by atoms with E-state index in [-0.39, 0.29) is 11.1 Å². The van der Waals surface area contributed by atoms with E-state index < -0.39 is 42.6 Å². The van der Waals surface area contributed by atoms with Crippen LogP contribution in [0.5, 0.6) is 0 Å². The van der Waals surface area contributed by atoms with Gasteiger partial charge in [0.15, 0.2) is 6.10 Å². The molecule has 1 fully saturated rings. The Balaban J connectivity index is 1.47. The van der Waals surface area contributed by atoms with Crippen molar-refractivity contribution in [3.05, 3.63) is 83.9 Å². The third kappa shape index (κ3) is 4.09. The molecule has 0 N–H and O–H groups in total. The summed E-state index contributed by atoms with van der Waals surface area (Å²) in [6, 6.07) is 19.7. The molecule has 0 aromatic heterocycles. The molecule has 2 atom stereocenters. The van der Waals surface area contributed by atoms with Crippen molar-refractivity contribution >= 4 is 28.7 Å². The first-order valence-corrected chi connectivity index (χ1v) is 9.37. The molecular formula is C23H16F2O6. The molecule has 31 heavy (non-hydrogen) atoms. The SMILES string of the molecule is O=C(OC[C@H]1OC(=O)C(F)(F)[C@@H]1OC(=O)c1ccccc1)c1ccc2ccccc2c1. The number of cyclic esters (lactones) is 1. The van der Waals surface area contributed by atoms with Gasteiger partial charge in [0.05, 0.1) is 11.1 Å². The van der Waals surface area contributed by atoms with Gasteiger partial charge in [0.1, 0.15) is 6.61 Å². The van der Waals surface area contributed by atoms with Gasteiger partial charge in [-0.1, -0.05) is 48.5 Å². The molecular weight excluding hydrogens is 410 g/mol. The summed E-state index contributed by atoms with van der Waals surface area (Å²) in [5.41, 5.74) is 0.233. The van der Waals surface area contributed by atoms with Crippen LogP contribution < -0.4 is 0 Å². The zero-order valence-corrected chi connectivity index (χ0v) is 16.0. The number of benzene rings is 3. The number of hydrogen-bond donors (Lipinski definition) is 0. The molecule has 0 spiro atoms. The van der Waals surface area contributed by atoms with E-state index in [0.717, 1.165) is 10.8 Å². The highest BCUT2D eigenvalue weighted by molar-refractivity contribution is 5.95. The lowest BCUT2D eigenvalue weighted by atomic mass is 10.1. The van der Waals surface area contributed by atoms with Crippen molar-refractivity contribution in [2.45, 2.75) is 18.1 Å². The maximum absolute atomic E-state index is 14.3. The van der Waals surface area contributed by atoms with E-state index in [4.69, 9.17) is 9.47 Å². The zero-order chi connectivity index (χ0) is 22.0. The molecule has 1 aliphatic rings. The van der Waals surface area contributed by atoms with Gasteiger partial charge in [0.25, 0.3) is 0 Å². The van der Waals surface area contributed by atoms with Gasteiger partial charge in [-0.05, 0) is 35.0 Å². The highest BCUT2D eigenvalue weighted by Gasteiger charge is 2.63. The summed E-state index contributed by atoms with van der Waals surface area (Å²) in [6.45, 7) is -0.695. The molecule has 1 heterocycles. The topological polar surface area (TPSA) is 78.9 Å². The molecule has 1 aliphatic heterocycles. The lowest BCUT2D eigenvalue weighted by Crippen LogP contribution is -2.43. The zero-order valence-electron chi connectivity index (χ0n) is 16.0. The third-order valence-electron chi connectivity index (χ3n) is 4.83. The fraction of sp³-hybridized carbons (Fsp3) is 0.174. The van der Waals surface area contributed by atoms with Gasteiger partial charge in [-0.25, -0.2) is 14.4 Å². The van der Waals surface area contributed by atoms with Crippen molar-refractivity contribution in [2.24, 2.45) is 0 Å². The van der Waals surface area contributed by atoms with E-state index in [2.05, 4.69) is 4.74 Å². The molecule has 4 rings (SSSR count). The van der Waals surface area contributed by atoms with Crippen molar-refractivity contribution in [3.63, 3.8) is 0 Å². The van der Waals surface area contributed by atoms with E-state index in [0.29, 0.717) is 0 Å². The van der Waals surface area contributed by atoms with Gasteiger partial charge in [-0.3, -0.25) is 0 Å². The molecule has 0 radical (unpaired) electrons.